The van der Waals surface area contributed by atoms with E-state index in [1.54, 1.807) is 10.8 Å². The molecule has 1 amide bonds. The first-order valence-electron chi connectivity index (χ1n) is 8.45. The van der Waals surface area contributed by atoms with E-state index in [9.17, 15) is 22.8 Å². The van der Waals surface area contributed by atoms with Crippen LogP contribution in [0.3, 0.4) is 0 Å². The van der Waals surface area contributed by atoms with Crippen molar-refractivity contribution in [2.24, 2.45) is 5.10 Å². The summed E-state index contributed by atoms with van der Waals surface area (Å²) >= 11 is 0. The molecule has 0 aliphatic heterocycles. The Balaban J connectivity index is 1.79. The first-order chi connectivity index (χ1) is 13.8. The maximum atomic E-state index is 12.8. The first kappa shape index (κ1) is 20.1. The molecule has 0 saturated heterocycles. The number of halogens is 3. The predicted octanol–water partition coefficient (Wildman–Crippen LogP) is 3.60. The summed E-state index contributed by atoms with van der Waals surface area (Å²) in [6, 6.07) is 11.3. The fourth-order valence-corrected chi connectivity index (χ4v) is 2.77. The zero-order valence-electron chi connectivity index (χ0n) is 15.2. The molecule has 9 heteroatoms. The molecule has 0 unspecified atom stereocenters. The Morgan fingerprint density at radius 3 is 2.66 bits per heavy atom. The summed E-state index contributed by atoms with van der Waals surface area (Å²) in [6.07, 6.45) is -1.51. The quantitative estimate of drug-likeness (QED) is 0.402. The van der Waals surface area contributed by atoms with Gasteiger partial charge in [-0.3, -0.25) is 9.59 Å². The molecule has 0 radical (unpaired) electrons. The molecule has 3 rings (SSSR count). The van der Waals surface area contributed by atoms with Crippen LogP contribution in [0.25, 0.3) is 10.9 Å². The van der Waals surface area contributed by atoms with Crippen LogP contribution in [0.1, 0.15) is 21.5 Å². The molecule has 3 aromatic rings. The molecule has 29 heavy (non-hydrogen) atoms. The van der Waals surface area contributed by atoms with Crippen molar-refractivity contribution in [1.82, 2.24) is 9.99 Å². The van der Waals surface area contributed by atoms with E-state index in [0.29, 0.717) is 5.56 Å². The molecule has 150 valence electrons. The van der Waals surface area contributed by atoms with Crippen LogP contribution in [0.2, 0.25) is 0 Å². The number of aromatic nitrogens is 1. The average molecular weight is 403 g/mol. The summed E-state index contributed by atoms with van der Waals surface area (Å²) < 4.78 is 44.7. The van der Waals surface area contributed by atoms with E-state index < -0.39 is 23.6 Å². The third-order valence-electron chi connectivity index (χ3n) is 4.17. The number of carbonyl (C=O) groups is 2. The fraction of sp³-hybridized carbons (Fsp3) is 0.150. The largest absolute Gasteiger partial charge is 0.468 e. The van der Waals surface area contributed by atoms with Gasteiger partial charge >= 0.3 is 12.1 Å². The normalized spacial score (nSPS) is 11.7. The average Bonchev–Trinajstić information content (AvgIpc) is 3.05. The molecule has 0 spiro atoms. The molecule has 0 bridgehead atoms. The Morgan fingerprint density at radius 1 is 1.17 bits per heavy atom. The number of fused-ring (bicyclic) bond motifs is 1. The Kier molecular flexibility index (Phi) is 5.67. The lowest BCUT2D eigenvalue weighted by molar-refractivity contribution is -0.141. The van der Waals surface area contributed by atoms with E-state index in [2.05, 4.69) is 15.3 Å². The lowest BCUT2D eigenvalue weighted by Gasteiger charge is -2.07. The van der Waals surface area contributed by atoms with Crippen LogP contribution >= 0.6 is 0 Å². The zero-order valence-corrected chi connectivity index (χ0v) is 15.2. The van der Waals surface area contributed by atoms with Crippen molar-refractivity contribution in [2.75, 3.05) is 7.11 Å². The maximum absolute atomic E-state index is 12.8. The fourth-order valence-electron chi connectivity index (χ4n) is 2.77. The number of alkyl halides is 3. The number of methoxy groups -OCH3 is 1. The Hall–Kier alpha value is -3.62. The number of nitrogens with one attached hydrogen (secondary N) is 1. The molecule has 0 fully saturated rings. The summed E-state index contributed by atoms with van der Waals surface area (Å²) in [7, 11) is 1.29. The molecule has 0 atom stereocenters. The van der Waals surface area contributed by atoms with Gasteiger partial charge in [-0.05, 0) is 24.3 Å². The van der Waals surface area contributed by atoms with Gasteiger partial charge in [0.2, 0.25) is 0 Å². The van der Waals surface area contributed by atoms with Gasteiger partial charge in [0, 0.05) is 28.2 Å². The van der Waals surface area contributed by atoms with E-state index in [1.807, 2.05) is 24.3 Å². The number of hydrogen-bond acceptors (Lipinski definition) is 4. The summed E-state index contributed by atoms with van der Waals surface area (Å²) in [5.74, 6) is -1.20. The van der Waals surface area contributed by atoms with E-state index >= 15 is 0 Å². The number of benzene rings is 2. The number of esters is 1. The van der Waals surface area contributed by atoms with Crippen LogP contribution in [-0.4, -0.2) is 29.8 Å². The smallest absolute Gasteiger partial charge is 0.416 e. The molecule has 1 N–H and O–H groups in total. The molecular weight excluding hydrogens is 387 g/mol. The van der Waals surface area contributed by atoms with Gasteiger partial charge in [0.05, 0.1) is 18.9 Å². The molecule has 0 aliphatic carbocycles. The standard InChI is InChI=1S/C20H16F3N3O3/c1-29-18(27)12-26-11-14(16-7-2-3-8-17(16)26)10-24-25-19(28)13-5-4-6-15(9-13)20(21,22)23/h2-11H,12H2,1H3,(H,25,28). The molecule has 1 aromatic heterocycles. The van der Waals surface area contributed by atoms with Gasteiger partial charge in [0.1, 0.15) is 6.54 Å². The van der Waals surface area contributed by atoms with Crippen LogP contribution in [0.5, 0.6) is 0 Å². The summed E-state index contributed by atoms with van der Waals surface area (Å²) in [4.78, 5) is 23.7. The van der Waals surface area contributed by atoms with Gasteiger partial charge in [-0.25, -0.2) is 5.43 Å². The summed E-state index contributed by atoms with van der Waals surface area (Å²) in [5.41, 5.74) is 2.52. The molecule has 0 saturated carbocycles. The van der Waals surface area contributed by atoms with Crippen molar-refractivity contribution >= 4 is 29.0 Å². The second-order valence-corrected chi connectivity index (χ2v) is 6.08. The van der Waals surface area contributed by atoms with Gasteiger partial charge < -0.3 is 9.30 Å². The lowest BCUT2D eigenvalue weighted by atomic mass is 10.1. The predicted molar refractivity (Wildman–Crippen MR) is 100 cm³/mol. The first-order valence-corrected chi connectivity index (χ1v) is 8.45. The van der Waals surface area contributed by atoms with Gasteiger partial charge in [0.15, 0.2) is 0 Å². The van der Waals surface area contributed by atoms with Crippen LogP contribution in [0.4, 0.5) is 13.2 Å². The molecular formula is C20H16F3N3O3. The van der Waals surface area contributed by atoms with Gasteiger partial charge in [-0.2, -0.15) is 18.3 Å². The maximum Gasteiger partial charge on any atom is 0.416 e. The Bertz CT molecular complexity index is 1090. The van der Waals surface area contributed by atoms with Crippen LogP contribution in [0.15, 0.2) is 59.8 Å². The van der Waals surface area contributed by atoms with Crippen LogP contribution < -0.4 is 5.43 Å². The lowest BCUT2D eigenvalue weighted by Crippen LogP contribution is -2.18. The number of hydrogen-bond donors (Lipinski definition) is 1. The zero-order chi connectivity index (χ0) is 21.0. The van der Waals surface area contributed by atoms with Crippen molar-refractivity contribution in [3.05, 3.63) is 71.4 Å². The van der Waals surface area contributed by atoms with Crippen molar-refractivity contribution in [2.45, 2.75) is 12.7 Å². The number of carbonyl (C=O) groups excluding carboxylic acids is 2. The Morgan fingerprint density at radius 2 is 1.93 bits per heavy atom. The summed E-state index contributed by atoms with van der Waals surface area (Å²) in [6.45, 7) is 0.00144. The number of para-hydroxylation sites is 1. The molecule has 0 aliphatic rings. The topological polar surface area (TPSA) is 72.7 Å². The number of ether oxygens (including phenoxy) is 1. The highest BCUT2D eigenvalue weighted by atomic mass is 19.4. The molecule has 2 aromatic carbocycles. The van der Waals surface area contributed by atoms with Crippen LogP contribution in [0, 0.1) is 0 Å². The van der Waals surface area contributed by atoms with Crippen molar-refractivity contribution in [3.63, 3.8) is 0 Å². The van der Waals surface area contributed by atoms with E-state index in [1.165, 1.54) is 19.4 Å². The van der Waals surface area contributed by atoms with Gasteiger partial charge in [-0.1, -0.05) is 24.3 Å². The number of hydrazone groups is 1. The SMILES string of the molecule is COC(=O)Cn1cc(C=NNC(=O)c2cccc(C(F)(F)F)c2)c2ccccc21. The monoisotopic (exact) mass is 403 g/mol. The van der Waals surface area contributed by atoms with Crippen molar-refractivity contribution in [3.8, 4) is 0 Å². The number of nitrogens with zero attached hydrogens (tertiary/aromatic N) is 2. The highest BCUT2D eigenvalue weighted by Gasteiger charge is 2.30. The minimum absolute atomic E-state index is 0.00144. The molecule has 1 heterocycles. The van der Waals surface area contributed by atoms with Crippen molar-refractivity contribution < 1.29 is 27.5 Å². The van der Waals surface area contributed by atoms with E-state index in [-0.39, 0.29) is 12.1 Å². The van der Waals surface area contributed by atoms with Crippen LogP contribution in [-0.2, 0) is 22.3 Å². The van der Waals surface area contributed by atoms with Gasteiger partial charge in [0.25, 0.3) is 5.91 Å². The summed E-state index contributed by atoms with van der Waals surface area (Å²) in [5, 5.41) is 4.62. The highest BCUT2D eigenvalue weighted by Crippen LogP contribution is 2.29. The second kappa shape index (κ2) is 8.17. The minimum atomic E-state index is -4.54. The highest BCUT2D eigenvalue weighted by molar-refractivity contribution is 6.01. The molecule has 6 nitrogen and oxygen atoms in total. The third kappa shape index (κ3) is 4.63. The Labute approximate surface area is 163 Å². The number of amides is 1. The van der Waals surface area contributed by atoms with E-state index in [0.717, 1.165) is 29.1 Å². The minimum Gasteiger partial charge on any atom is -0.468 e. The second-order valence-electron chi connectivity index (χ2n) is 6.08. The van der Waals surface area contributed by atoms with E-state index in [4.69, 9.17) is 0 Å². The number of rotatable bonds is 5. The van der Waals surface area contributed by atoms with Gasteiger partial charge in [-0.15, -0.1) is 0 Å². The third-order valence-corrected chi connectivity index (χ3v) is 4.17. The van der Waals surface area contributed by atoms with Crippen molar-refractivity contribution in [1.29, 1.82) is 0 Å².